The number of nitrogens with one attached hydrogen (secondary N) is 1. The molecule has 172 valence electrons. The van der Waals surface area contributed by atoms with Crippen LogP contribution in [0.5, 0.6) is 11.5 Å². The average Bonchev–Trinajstić information content (AvgIpc) is 3.38. The third kappa shape index (κ3) is 4.92. The number of imidazole rings is 1. The number of ether oxygens (including phenoxy) is 2. The second-order valence-corrected chi connectivity index (χ2v) is 8.44. The Balaban J connectivity index is 1.25. The summed E-state index contributed by atoms with van der Waals surface area (Å²) in [5.41, 5.74) is 1.88. The van der Waals surface area contributed by atoms with Crippen LogP contribution in [0, 0.1) is 6.92 Å². The van der Waals surface area contributed by atoms with Gasteiger partial charge in [-0.15, -0.1) is 0 Å². The number of nitrogens with zero attached hydrogens (tertiary/aromatic N) is 5. The van der Waals surface area contributed by atoms with Crippen molar-refractivity contribution in [1.29, 1.82) is 0 Å². The maximum Gasteiger partial charge on any atom is 0.237 e. The SMILES string of the molecule is Cc1cc(N2CCCCC2CC(=O)NCc2ccc3c(c2)OCCO3)nc(-n2ccnc2)n1. The Bertz CT molecular complexity index is 1120. The Morgan fingerprint density at radius 2 is 2.03 bits per heavy atom. The lowest BCUT2D eigenvalue weighted by atomic mass is 9.99. The number of fused-ring (bicyclic) bond motifs is 1. The fourth-order valence-electron chi connectivity index (χ4n) is 4.38. The number of piperidine rings is 1. The van der Waals surface area contributed by atoms with Crippen LogP contribution in [0.15, 0.2) is 43.0 Å². The van der Waals surface area contributed by atoms with Crippen LogP contribution in [-0.4, -0.2) is 51.2 Å². The smallest absolute Gasteiger partial charge is 0.237 e. The standard InChI is InChI=1S/C24H28N6O3/c1-17-12-22(28-24(27-17)29-9-7-25-16-29)30-8-3-2-4-19(30)14-23(31)26-15-18-5-6-20-21(13-18)33-11-10-32-20/h5-7,9,12-13,16,19H,2-4,8,10-11,14-15H2,1H3,(H,26,31). The van der Waals surface area contributed by atoms with Crippen LogP contribution in [0.4, 0.5) is 5.82 Å². The first-order valence-electron chi connectivity index (χ1n) is 11.4. The van der Waals surface area contributed by atoms with Crippen LogP contribution in [-0.2, 0) is 11.3 Å². The summed E-state index contributed by atoms with van der Waals surface area (Å²) in [6.07, 6.45) is 8.80. The summed E-state index contributed by atoms with van der Waals surface area (Å²) >= 11 is 0. The summed E-state index contributed by atoms with van der Waals surface area (Å²) < 4.78 is 13.0. The van der Waals surface area contributed by atoms with E-state index in [-0.39, 0.29) is 11.9 Å². The van der Waals surface area contributed by atoms with Gasteiger partial charge in [0.25, 0.3) is 0 Å². The van der Waals surface area contributed by atoms with E-state index in [0.29, 0.717) is 32.1 Å². The lowest BCUT2D eigenvalue weighted by Gasteiger charge is -2.36. The van der Waals surface area contributed by atoms with Gasteiger partial charge in [-0.3, -0.25) is 9.36 Å². The molecule has 2 aliphatic heterocycles. The van der Waals surface area contributed by atoms with Gasteiger partial charge >= 0.3 is 0 Å². The summed E-state index contributed by atoms with van der Waals surface area (Å²) in [6, 6.07) is 7.88. The topological polar surface area (TPSA) is 94.4 Å². The van der Waals surface area contributed by atoms with Crippen LogP contribution in [0.3, 0.4) is 0 Å². The molecule has 0 aliphatic carbocycles. The number of hydrogen-bond donors (Lipinski definition) is 1. The molecule has 4 heterocycles. The molecule has 0 radical (unpaired) electrons. The van der Waals surface area contributed by atoms with Gasteiger partial charge in [-0.25, -0.2) is 9.97 Å². The Kier molecular flexibility index (Phi) is 6.10. The van der Waals surface area contributed by atoms with Gasteiger partial charge in [-0.1, -0.05) is 6.07 Å². The molecule has 1 N–H and O–H groups in total. The summed E-state index contributed by atoms with van der Waals surface area (Å²) in [7, 11) is 0. The summed E-state index contributed by atoms with van der Waals surface area (Å²) in [5.74, 6) is 2.97. The fraction of sp³-hybridized carbons (Fsp3) is 0.417. The number of aromatic nitrogens is 4. The maximum atomic E-state index is 12.8. The Hall–Kier alpha value is -3.62. The van der Waals surface area contributed by atoms with Crippen molar-refractivity contribution in [3.63, 3.8) is 0 Å². The van der Waals surface area contributed by atoms with Crippen molar-refractivity contribution < 1.29 is 14.3 Å². The molecule has 1 atom stereocenters. The summed E-state index contributed by atoms with van der Waals surface area (Å²) in [5, 5.41) is 3.06. The molecular formula is C24H28N6O3. The van der Waals surface area contributed by atoms with Crippen molar-refractivity contribution in [3.8, 4) is 17.4 Å². The highest BCUT2D eigenvalue weighted by atomic mass is 16.6. The van der Waals surface area contributed by atoms with E-state index in [0.717, 1.165) is 54.4 Å². The summed E-state index contributed by atoms with van der Waals surface area (Å²) in [4.78, 5) is 28.5. The van der Waals surface area contributed by atoms with Crippen LogP contribution in [0.2, 0.25) is 0 Å². The zero-order valence-electron chi connectivity index (χ0n) is 18.7. The normalized spacial score (nSPS) is 17.6. The number of carbonyl (C=O) groups is 1. The van der Waals surface area contributed by atoms with Gasteiger partial charge in [-0.05, 0) is 43.9 Å². The maximum absolute atomic E-state index is 12.8. The van der Waals surface area contributed by atoms with Gasteiger partial charge in [0.15, 0.2) is 11.5 Å². The third-order valence-corrected chi connectivity index (χ3v) is 6.00. The molecule has 1 amide bonds. The molecule has 1 unspecified atom stereocenters. The van der Waals surface area contributed by atoms with Crippen LogP contribution >= 0.6 is 0 Å². The van der Waals surface area contributed by atoms with Gasteiger partial charge in [0.1, 0.15) is 25.4 Å². The monoisotopic (exact) mass is 448 g/mol. The molecule has 0 bridgehead atoms. The van der Waals surface area contributed by atoms with Crippen molar-refractivity contribution in [2.75, 3.05) is 24.7 Å². The number of hydrogen-bond acceptors (Lipinski definition) is 7. The van der Waals surface area contributed by atoms with Crippen molar-refractivity contribution in [2.45, 2.75) is 45.2 Å². The summed E-state index contributed by atoms with van der Waals surface area (Å²) in [6.45, 7) is 4.41. The Morgan fingerprint density at radius 1 is 1.15 bits per heavy atom. The Morgan fingerprint density at radius 3 is 2.88 bits per heavy atom. The van der Waals surface area contributed by atoms with E-state index in [1.165, 1.54) is 0 Å². The van der Waals surface area contributed by atoms with Crippen molar-refractivity contribution >= 4 is 11.7 Å². The first-order valence-corrected chi connectivity index (χ1v) is 11.4. The number of carbonyl (C=O) groups excluding carboxylic acids is 1. The highest BCUT2D eigenvalue weighted by Crippen LogP contribution is 2.31. The predicted molar refractivity (Wildman–Crippen MR) is 123 cm³/mol. The van der Waals surface area contributed by atoms with Crippen LogP contribution < -0.4 is 19.7 Å². The average molecular weight is 449 g/mol. The molecule has 1 saturated heterocycles. The van der Waals surface area contributed by atoms with Crippen molar-refractivity contribution in [2.24, 2.45) is 0 Å². The molecule has 3 aromatic rings. The molecular weight excluding hydrogens is 420 g/mol. The second kappa shape index (κ2) is 9.48. The number of anilines is 1. The molecule has 5 rings (SSSR count). The van der Waals surface area contributed by atoms with Crippen molar-refractivity contribution in [1.82, 2.24) is 24.8 Å². The van der Waals surface area contributed by atoms with Crippen LogP contribution in [0.1, 0.15) is 36.9 Å². The molecule has 1 aromatic carbocycles. The van der Waals surface area contributed by atoms with Gasteiger partial charge in [0.05, 0.1) is 0 Å². The van der Waals surface area contributed by atoms with E-state index >= 15 is 0 Å². The van der Waals surface area contributed by atoms with Gasteiger partial charge in [0, 0.05) is 49.7 Å². The second-order valence-electron chi connectivity index (χ2n) is 8.44. The zero-order chi connectivity index (χ0) is 22.6. The van der Waals surface area contributed by atoms with E-state index in [4.69, 9.17) is 14.5 Å². The minimum absolute atomic E-state index is 0.0300. The van der Waals surface area contributed by atoms with E-state index in [1.54, 1.807) is 17.1 Å². The minimum Gasteiger partial charge on any atom is -0.486 e. The number of rotatable bonds is 6. The number of benzene rings is 1. The molecule has 2 aromatic heterocycles. The quantitative estimate of drug-likeness (QED) is 0.620. The van der Waals surface area contributed by atoms with Crippen LogP contribution in [0.25, 0.3) is 5.95 Å². The fourth-order valence-corrected chi connectivity index (χ4v) is 4.38. The van der Waals surface area contributed by atoms with Gasteiger partial charge in [-0.2, -0.15) is 4.98 Å². The van der Waals surface area contributed by atoms with E-state index in [2.05, 4.69) is 20.2 Å². The van der Waals surface area contributed by atoms with Crippen molar-refractivity contribution in [3.05, 3.63) is 54.2 Å². The minimum atomic E-state index is 0.0300. The highest BCUT2D eigenvalue weighted by Gasteiger charge is 2.26. The lowest BCUT2D eigenvalue weighted by Crippen LogP contribution is -2.43. The predicted octanol–water partition coefficient (Wildman–Crippen LogP) is 2.81. The highest BCUT2D eigenvalue weighted by molar-refractivity contribution is 5.77. The lowest BCUT2D eigenvalue weighted by molar-refractivity contribution is -0.121. The molecule has 1 fully saturated rings. The van der Waals surface area contributed by atoms with E-state index in [9.17, 15) is 4.79 Å². The first-order chi connectivity index (χ1) is 16.2. The van der Waals surface area contributed by atoms with Gasteiger partial charge < -0.3 is 19.7 Å². The zero-order valence-corrected chi connectivity index (χ0v) is 18.7. The number of amides is 1. The molecule has 0 saturated carbocycles. The molecule has 0 spiro atoms. The van der Waals surface area contributed by atoms with E-state index < -0.39 is 0 Å². The molecule has 33 heavy (non-hydrogen) atoms. The van der Waals surface area contributed by atoms with Gasteiger partial charge in [0.2, 0.25) is 11.9 Å². The number of aryl methyl sites for hydroxylation is 1. The van der Waals surface area contributed by atoms with E-state index in [1.807, 2.05) is 37.4 Å². The third-order valence-electron chi connectivity index (χ3n) is 6.00. The molecule has 9 heteroatoms. The Labute approximate surface area is 192 Å². The molecule has 2 aliphatic rings. The first kappa shape index (κ1) is 21.2. The molecule has 9 nitrogen and oxygen atoms in total. The largest absolute Gasteiger partial charge is 0.486 e.